The van der Waals surface area contributed by atoms with Gasteiger partial charge in [0.1, 0.15) is 30.5 Å². The van der Waals surface area contributed by atoms with Crippen LogP contribution in [0.1, 0.15) is 25.7 Å². The fourth-order valence-electron chi connectivity index (χ4n) is 3.99. The van der Waals surface area contributed by atoms with Crippen LogP contribution in [0.15, 0.2) is 0 Å². The molecule has 184 valence electrons. The van der Waals surface area contributed by atoms with Crippen LogP contribution in [0.4, 0.5) is 0 Å². The number of unbranched alkanes of at least 4 members (excludes halogenated alkanes) is 2. The summed E-state index contributed by atoms with van der Waals surface area (Å²) >= 11 is 0. The maximum absolute atomic E-state index is 10.6. The Hall–Kier alpha value is -0.480. The molecule has 2 fully saturated rings. The lowest BCUT2D eigenvalue weighted by Crippen LogP contribution is -2.67. The average molecular weight is 452 g/mol. The van der Waals surface area contributed by atoms with E-state index in [0.29, 0.717) is 26.1 Å². The molecule has 0 aromatic carbocycles. The standard InChI is InChI=1S/C19H41N5O7/c20-4-2-1-3-5-24-6-7-29-18-14(26)10(21)8-11(22)17(18)31-19-13(23)16(28)15(27)12(9-25)30-19/h10-19,24-28H,1-9,20-23H2/t10-,11+,12-,13-,14+,15-,16-,17-,18-,19-/m1/s1. The highest BCUT2D eigenvalue weighted by Crippen LogP contribution is 2.28. The van der Waals surface area contributed by atoms with Gasteiger partial charge >= 0.3 is 0 Å². The summed E-state index contributed by atoms with van der Waals surface area (Å²) in [6.07, 6.45) is -4.20. The average Bonchev–Trinajstić information content (AvgIpc) is 2.75. The zero-order valence-corrected chi connectivity index (χ0v) is 18.0. The van der Waals surface area contributed by atoms with Crippen molar-refractivity contribution in [1.29, 1.82) is 0 Å². The third kappa shape index (κ3) is 7.25. The van der Waals surface area contributed by atoms with Crippen LogP contribution in [0.3, 0.4) is 0 Å². The summed E-state index contributed by atoms with van der Waals surface area (Å²) in [4.78, 5) is 0. The highest BCUT2D eigenvalue weighted by molar-refractivity contribution is 5.00. The van der Waals surface area contributed by atoms with Crippen molar-refractivity contribution in [3.63, 3.8) is 0 Å². The van der Waals surface area contributed by atoms with Gasteiger partial charge in [-0.25, -0.2) is 0 Å². The molecule has 10 atom stereocenters. The van der Waals surface area contributed by atoms with Crippen molar-refractivity contribution >= 4 is 0 Å². The van der Waals surface area contributed by atoms with Crippen LogP contribution in [-0.2, 0) is 14.2 Å². The van der Waals surface area contributed by atoms with Gasteiger partial charge in [0.25, 0.3) is 0 Å². The second kappa shape index (κ2) is 13.3. The molecule has 31 heavy (non-hydrogen) atoms. The SMILES string of the molecule is NCCCCCNCCO[C@@H]1[C@@H](O)[C@H](N)C[C@H](N)[C@H]1O[C@H]1O[C@H](CO)[C@@H](O)[C@H](O)[C@H]1N. The topological polar surface area (TPSA) is 225 Å². The predicted molar refractivity (Wildman–Crippen MR) is 113 cm³/mol. The molecule has 0 aromatic heterocycles. The van der Waals surface area contributed by atoms with Gasteiger partial charge in [-0.15, -0.1) is 0 Å². The monoisotopic (exact) mass is 451 g/mol. The zero-order chi connectivity index (χ0) is 23.0. The molecule has 0 bridgehead atoms. The first-order valence-corrected chi connectivity index (χ1v) is 11.1. The van der Waals surface area contributed by atoms with Crippen molar-refractivity contribution in [2.45, 2.75) is 86.7 Å². The van der Waals surface area contributed by atoms with Gasteiger partial charge in [-0.2, -0.15) is 0 Å². The van der Waals surface area contributed by atoms with E-state index in [1.165, 1.54) is 0 Å². The minimum Gasteiger partial charge on any atom is -0.394 e. The van der Waals surface area contributed by atoms with Crippen molar-refractivity contribution in [2.75, 3.05) is 32.8 Å². The summed E-state index contributed by atoms with van der Waals surface area (Å²) in [6, 6.07) is -2.23. The first kappa shape index (κ1) is 26.8. The summed E-state index contributed by atoms with van der Waals surface area (Å²) in [7, 11) is 0. The van der Waals surface area contributed by atoms with E-state index in [-0.39, 0.29) is 0 Å². The maximum atomic E-state index is 10.6. The number of aliphatic hydroxyl groups is 4. The zero-order valence-electron chi connectivity index (χ0n) is 18.0. The Morgan fingerprint density at radius 3 is 2.32 bits per heavy atom. The van der Waals surface area contributed by atoms with Gasteiger partial charge in [0.2, 0.25) is 0 Å². The molecule has 1 saturated carbocycles. The molecule has 2 rings (SSSR count). The molecule has 0 radical (unpaired) electrons. The molecule has 1 saturated heterocycles. The van der Waals surface area contributed by atoms with Crippen LogP contribution in [0, 0.1) is 0 Å². The second-order valence-electron chi connectivity index (χ2n) is 8.37. The lowest BCUT2D eigenvalue weighted by molar-refractivity contribution is -0.296. The van der Waals surface area contributed by atoms with E-state index < -0.39 is 67.6 Å². The Morgan fingerprint density at radius 2 is 1.65 bits per heavy atom. The van der Waals surface area contributed by atoms with E-state index in [1.54, 1.807) is 0 Å². The predicted octanol–water partition coefficient (Wildman–Crippen LogP) is -4.34. The molecular weight excluding hydrogens is 410 g/mol. The highest BCUT2D eigenvalue weighted by Gasteiger charge is 2.48. The third-order valence-corrected chi connectivity index (χ3v) is 5.93. The summed E-state index contributed by atoms with van der Waals surface area (Å²) in [5.41, 5.74) is 23.7. The number of nitrogens with two attached hydrogens (primary N) is 4. The number of aliphatic hydroxyl groups excluding tert-OH is 4. The van der Waals surface area contributed by atoms with Crippen LogP contribution >= 0.6 is 0 Å². The van der Waals surface area contributed by atoms with Gasteiger partial charge < -0.3 is 62.9 Å². The largest absolute Gasteiger partial charge is 0.394 e. The highest BCUT2D eigenvalue weighted by atomic mass is 16.7. The maximum Gasteiger partial charge on any atom is 0.176 e. The van der Waals surface area contributed by atoms with Gasteiger partial charge in [0, 0.05) is 18.6 Å². The van der Waals surface area contributed by atoms with E-state index in [0.717, 1.165) is 25.8 Å². The Bertz CT molecular complexity index is 506. The molecule has 12 nitrogen and oxygen atoms in total. The molecular formula is C19H41N5O7. The normalized spacial score (nSPS) is 41.4. The van der Waals surface area contributed by atoms with Gasteiger partial charge in [-0.05, 0) is 32.4 Å². The first-order valence-electron chi connectivity index (χ1n) is 11.1. The van der Waals surface area contributed by atoms with Crippen LogP contribution in [0.2, 0.25) is 0 Å². The van der Waals surface area contributed by atoms with E-state index in [9.17, 15) is 20.4 Å². The molecule has 1 heterocycles. The molecule has 0 aromatic rings. The molecule has 2 aliphatic rings. The van der Waals surface area contributed by atoms with Crippen LogP contribution in [0.5, 0.6) is 0 Å². The van der Waals surface area contributed by atoms with E-state index in [1.807, 2.05) is 0 Å². The van der Waals surface area contributed by atoms with Crippen molar-refractivity contribution < 1.29 is 34.6 Å². The number of hydrogen-bond acceptors (Lipinski definition) is 12. The Kier molecular flexibility index (Phi) is 11.5. The van der Waals surface area contributed by atoms with Crippen LogP contribution in [-0.4, -0.2) is 114 Å². The first-order chi connectivity index (χ1) is 14.8. The van der Waals surface area contributed by atoms with E-state index in [4.69, 9.17) is 37.1 Å². The number of hydrogen-bond donors (Lipinski definition) is 9. The van der Waals surface area contributed by atoms with E-state index >= 15 is 0 Å². The second-order valence-corrected chi connectivity index (χ2v) is 8.37. The van der Waals surface area contributed by atoms with Gasteiger partial charge in [0.15, 0.2) is 6.29 Å². The third-order valence-electron chi connectivity index (χ3n) is 5.93. The molecule has 0 spiro atoms. The van der Waals surface area contributed by atoms with Gasteiger partial charge in [-0.1, -0.05) is 6.42 Å². The lowest BCUT2D eigenvalue weighted by atomic mass is 9.84. The smallest absolute Gasteiger partial charge is 0.176 e. The summed E-state index contributed by atoms with van der Waals surface area (Å²) < 4.78 is 17.3. The molecule has 13 N–H and O–H groups in total. The Labute approximate surface area is 183 Å². The Morgan fingerprint density at radius 1 is 0.903 bits per heavy atom. The fourth-order valence-corrected chi connectivity index (χ4v) is 3.99. The van der Waals surface area contributed by atoms with Crippen LogP contribution < -0.4 is 28.3 Å². The minimum atomic E-state index is -1.36. The molecule has 0 unspecified atom stereocenters. The Balaban J connectivity index is 1.93. The minimum absolute atomic E-state index is 0.293. The number of nitrogens with one attached hydrogen (secondary N) is 1. The number of rotatable bonds is 12. The fraction of sp³-hybridized carbons (Fsp3) is 1.00. The van der Waals surface area contributed by atoms with Crippen molar-refractivity contribution in [3.8, 4) is 0 Å². The molecule has 12 heteroatoms. The summed E-state index contributed by atoms with van der Waals surface area (Å²) in [5, 5.41) is 43.4. The van der Waals surface area contributed by atoms with Crippen molar-refractivity contribution in [3.05, 3.63) is 0 Å². The molecule has 0 amide bonds. The van der Waals surface area contributed by atoms with Gasteiger partial charge in [-0.3, -0.25) is 0 Å². The van der Waals surface area contributed by atoms with Gasteiger partial charge in [0.05, 0.1) is 25.4 Å². The van der Waals surface area contributed by atoms with Crippen LogP contribution in [0.25, 0.3) is 0 Å². The molecule has 1 aliphatic carbocycles. The summed E-state index contributed by atoms with van der Waals surface area (Å²) in [5.74, 6) is 0. The lowest BCUT2D eigenvalue weighted by Gasteiger charge is -2.46. The quantitative estimate of drug-likeness (QED) is 0.128. The summed E-state index contributed by atoms with van der Waals surface area (Å²) in [6.45, 7) is 1.87. The van der Waals surface area contributed by atoms with Crippen molar-refractivity contribution in [1.82, 2.24) is 5.32 Å². The van der Waals surface area contributed by atoms with Crippen molar-refractivity contribution in [2.24, 2.45) is 22.9 Å². The number of ether oxygens (including phenoxy) is 3. The van der Waals surface area contributed by atoms with E-state index in [2.05, 4.69) is 5.32 Å². The molecule has 1 aliphatic heterocycles.